The highest BCUT2D eigenvalue weighted by Crippen LogP contribution is 2.19. The molecule has 5 heteroatoms. The van der Waals surface area contributed by atoms with Crippen LogP contribution in [-0.2, 0) is 11.2 Å². The van der Waals surface area contributed by atoms with Crippen LogP contribution >= 0.6 is 27.3 Å². The summed E-state index contributed by atoms with van der Waals surface area (Å²) in [5.74, 6) is 0. The second kappa shape index (κ2) is 4.91. The average molecular weight is 252 g/mol. The Hall–Kier alpha value is 0.0300. The van der Waals surface area contributed by atoms with Gasteiger partial charge in [-0.05, 0) is 22.9 Å². The van der Waals surface area contributed by atoms with Crippen LogP contribution < -0.4 is 0 Å². The van der Waals surface area contributed by atoms with E-state index in [2.05, 4.69) is 20.9 Å². The maximum Gasteiger partial charge on any atom is 0.159 e. The minimum Gasteiger partial charge on any atom is -0.368 e. The van der Waals surface area contributed by atoms with E-state index in [4.69, 9.17) is 4.74 Å². The molecule has 0 aliphatic heterocycles. The predicted octanol–water partition coefficient (Wildman–Crippen LogP) is 1.80. The van der Waals surface area contributed by atoms with Gasteiger partial charge >= 0.3 is 0 Å². The van der Waals surface area contributed by atoms with Crippen molar-refractivity contribution >= 4 is 27.3 Å². The van der Waals surface area contributed by atoms with E-state index in [1.165, 1.54) is 11.3 Å². The molecule has 1 unspecified atom stereocenters. The number of halogens is 1. The molecule has 0 saturated carbocycles. The maximum absolute atomic E-state index is 9.25. The second-order valence-electron chi connectivity index (χ2n) is 2.19. The Kier molecular flexibility index (Phi) is 4.14. The van der Waals surface area contributed by atoms with Gasteiger partial charge in [-0.15, -0.1) is 11.3 Å². The van der Waals surface area contributed by atoms with Crippen LogP contribution in [0.25, 0.3) is 0 Å². The summed E-state index contributed by atoms with van der Waals surface area (Å²) >= 11 is 4.75. The molecular formula is C7H10BrNO2S. The van der Waals surface area contributed by atoms with E-state index in [1.54, 1.807) is 6.20 Å². The van der Waals surface area contributed by atoms with Crippen LogP contribution in [0.5, 0.6) is 0 Å². The lowest BCUT2D eigenvalue weighted by molar-refractivity contribution is -0.0923. The van der Waals surface area contributed by atoms with Crippen molar-refractivity contribution in [2.75, 3.05) is 6.61 Å². The summed E-state index contributed by atoms with van der Waals surface area (Å²) in [7, 11) is 0. The lowest BCUT2D eigenvalue weighted by atomic mass is 10.4. The van der Waals surface area contributed by atoms with Crippen molar-refractivity contribution in [3.8, 4) is 0 Å². The summed E-state index contributed by atoms with van der Waals surface area (Å²) < 4.78 is 5.81. The van der Waals surface area contributed by atoms with Crippen molar-refractivity contribution in [2.24, 2.45) is 0 Å². The molecule has 1 atom stereocenters. The summed E-state index contributed by atoms with van der Waals surface area (Å²) in [5.41, 5.74) is 0. The van der Waals surface area contributed by atoms with Crippen molar-refractivity contribution in [3.05, 3.63) is 15.0 Å². The van der Waals surface area contributed by atoms with Crippen LogP contribution in [-0.4, -0.2) is 23.0 Å². The number of hydrogen-bond acceptors (Lipinski definition) is 4. The molecule has 1 rings (SSSR count). The Labute approximate surface area is 83.5 Å². The third-order valence-corrected chi connectivity index (χ3v) is 2.76. The minimum absolute atomic E-state index is 0.511. The smallest absolute Gasteiger partial charge is 0.159 e. The topological polar surface area (TPSA) is 42.4 Å². The zero-order valence-corrected chi connectivity index (χ0v) is 9.06. The van der Waals surface area contributed by atoms with E-state index >= 15 is 0 Å². The van der Waals surface area contributed by atoms with Gasteiger partial charge in [0.1, 0.15) is 0 Å². The lowest BCUT2D eigenvalue weighted by Crippen LogP contribution is -2.13. The van der Waals surface area contributed by atoms with Crippen molar-refractivity contribution < 1.29 is 9.84 Å². The van der Waals surface area contributed by atoms with E-state index < -0.39 is 6.29 Å². The molecule has 68 valence electrons. The first-order valence-corrected chi connectivity index (χ1v) is 5.23. The fourth-order valence-corrected chi connectivity index (χ4v) is 2.18. The minimum atomic E-state index is -0.706. The molecule has 1 N–H and O–H groups in total. The summed E-state index contributed by atoms with van der Waals surface area (Å²) in [6.45, 7) is 2.38. The van der Waals surface area contributed by atoms with Crippen LogP contribution in [0.15, 0.2) is 10.1 Å². The number of rotatable bonds is 4. The van der Waals surface area contributed by atoms with Crippen LogP contribution in [0, 0.1) is 0 Å². The predicted molar refractivity (Wildman–Crippen MR) is 51.2 cm³/mol. The molecule has 12 heavy (non-hydrogen) atoms. The molecule has 0 radical (unpaired) electrons. The van der Waals surface area contributed by atoms with Gasteiger partial charge in [-0.25, -0.2) is 4.98 Å². The second-order valence-corrected chi connectivity index (χ2v) is 4.58. The van der Waals surface area contributed by atoms with Crippen LogP contribution in [0.3, 0.4) is 0 Å². The molecule has 0 bridgehead atoms. The van der Waals surface area contributed by atoms with Crippen molar-refractivity contribution in [3.63, 3.8) is 0 Å². The highest BCUT2D eigenvalue weighted by molar-refractivity contribution is 9.11. The van der Waals surface area contributed by atoms with Gasteiger partial charge in [-0.2, -0.15) is 0 Å². The monoisotopic (exact) mass is 251 g/mol. The van der Waals surface area contributed by atoms with Gasteiger partial charge < -0.3 is 9.84 Å². The lowest BCUT2D eigenvalue weighted by Gasteiger charge is -2.07. The fourth-order valence-electron chi connectivity index (χ4n) is 0.801. The maximum atomic E-state index is 9.25. The molecule has 0 fully saturated rings. The number of aliphatic hydroxyl groups excluding tert-OH is 1. The zero-order chi connectivity index (χ0) is 8.97. The van der Waals surface area contributed by atoms with Gasteiger partial charge in [0.15, 0.2) is 10.2 Å². The third-order valence-electron chi connectivity index (χ3n) is 1.26. The molecule has 0 spiro atoms. The van der Waals surface area contributed by atoms with E-state index in [0.29, 0.717) is 13.0 Å². The highest BCUT2D eigenvalue weighted by atomic mass is 79.9. The number of hydrogen-bond donors (Lipinski definition) is 1. The van der Waals surface area contributed by atoms with E-state index in [-0.39, 0.29) is 0 Å². The number of ether oxygens (including phenoxy) is 1. The molecule has 1 aromatic rings. The van der Waals surface area contributed by atoms with E-state index in [0.717, 1.165) is 8.79 Å². The van der Waals surface area contributed by atoms with Crippen molar-refractivity contribution in [2.45, 2.75) is 19.6 Å². The Morgan fingerprint density at radius 2 is 2.58 bits per heavy atom. The van der Waals surface area contributed by atoms with Crippen molar-refractivity contribution in [1.29, 1.82) is 0 Å². The van der Waals surface area contributed by atoms with Gasteiger partial charge in [0.05, 0.1) is 0 Å². The molecule has 0 aliphatic rings. The SMILES string of the molecule is CCOC(O)Cc1cnc(Br)s1. The number of aliphatic hydroxyl groups is 1. The van der Waals surface area contributed by atoms with Crippen LogP contribution in [0.2, 0.25) is 0 Å². The Bertz CT molecular complexity index is 241. The van der Waals surface area contributed by atoms with Crippen molar-refractivity contribution in [1.82, 2.24) is 4.98 Å². The Morgan fingerprint density at radius 1 is 1.83 bits per heavy atom. The molecule has 1 heterocycles. The highest BCUT2D eigenvalue weighted by Gasteiger charge is 2.06. The standard InChI is InChI=1S/C7H10BrNO2S/c1-2-11-6(10)3-5-4-9-7(8)12-5/h4,6,10H,2-3H2,1H3. The largest absolute Gasteiger partial charge is 0.368 e. The first-order chi connectivity index (χ1) is 5.72. The van der Waals surface area contributed by atoms with Gasteiger partial charge in [-0.1, -0.05) is 0 Å². The zero-order valence-electron chi connectivity index (χ0n) is 6.66. The quantitative estimate of drug-likeness (QED) is 0.831. The number of aromatic nitrogens is 1. The molecule has 0 saturated heterocycles. The number of nitrogens with zero attached hydrogens (tertiary/aromatic N) is 1. The summed E-state index contributed by atoms with van der Waals surface area (Å²) in [5, 5.41) is 9.25. The first kappa shape index (κ1) is 10.1. The fraction of sp³-hybridized carbons (Fsp3) is 0.571. The Morgan fingerprint density at radius 3 is 3.08 bits per heavy atom. The third kappa shape index (κ3) is 3.18. The molecule has 0 amide bonds. The molecule has 3 nitrogen and oxygen atoms in total. The first-order valence-electron chi connectivity index (χ1n) is 3.62. The van der Waals surface area contributed by atoms with Crippen LogP contribution in [0.1, 0.15) is 11.8 Å². The molecule has 0 aromatic carbocycles. The van der Waals surface area contributed by atoms with Crippen LogP contribution in [0.4, 0.5) is 0 Å². The van der Waals surface area contributed by atoms with Gasteiger partial charge in [0, 0.05) is 24.1 Å². The van der Waals surface area contributed by atoms with Gasteiger partial charge in [0.25, 0.3) is 0 Å². The van der Waals surface area contributed by atoms with E-state index in [1.807, 2.05) is 6.92 Å². The number of thiazole rings is 1. The van der Waals surface area contributed by atoms with Gasteiger partial charge in [-0.3, -0.25) is 0 Å². The molecular weight excluding hydrogens is 242 g/mol. The molecule has 1 aromatic heterocycles. The summed E-state index contributed by atoms with van der Waals surface area (Å²) in [4.78, 5) is 5.01. The van der Waals surface area contributed by atoms with E-state index in [9.17, 15) is 5.11 Å². The molecule has 0 aliphatic carbocycles. The average Bonchev–Trinajstić information content (AvgIpc) is 2.36. The Balaban J connectivity index is 2.41. The van der Waals surface area contributed by atoms with Gasteiger partial charge in [0.2, 0.25) is 0 Å². The summed E-state index contributed by atoms with van der Waals surface area (Å²) in [6, 6.07) is 0. The summed E-state index contributed by atoms with van der Waals surface area (Å²) in [6.07, 6.45) is 1.54. The normalized spacial score (nSPS) is 13.2.